The lowest BCUT2D eigenvalue weighted by molar-refractivity contribution is -0.0675. The van der Waals surface area contributed by atoms with Crippen molar-refractivity contribution in [3.63, 3.8) is 0 Å². The molecular weight excluding hydrogens is 296 g/mol. The van der Waals surface area contributed by atoms with Gasteiger partial charge in [0, 0.05) is 24.2 Å². The molecule has 3 N–H and O–H groups in total. The van der Waals surface area contributed by atoms with Gasteiger partial charge in [0.15, 0.2) is 0 Å². The molecule has 4 aliphatic carbocycles. The second kappa shape index (κ2) is 5.39. The molecule has 3 heteroatoms. The fourth-order valence-corrected chi connectivity index (χ4v) is 6.73. The Bertz CT molecular complexity index is 621. The average Bonchev–Trinajstić information content (AvgIpc) is 2.91. The Morgan fingerprint density at radius 1 is 1.21 bits per heavy atom. The van der Waals surface area contributed by atoms with E-state index < -0.39 is 0 Å². The molecule has 7 atom stereocenters. The normalized spacial score (nSPS) is 49.6. The van der Waals surface area contributed by atoms with Crippen molar-refractivity contribution in [2.45, 2.75) is 45.6 Å². The van der Waals surface area contributed by atoms with Gasteiger partial charge in [-0.25, -0.2) is 0 Å². The summed E-state index contributed by atoms with van der Waals surface area (Å²) in [5.74, 6) is 3.02. The molecule has 132 valence electrons. The first-order valence-electron chi connectivity index (χ1n) is 9.59. The van der Waals surface area contributed by atoms with Crippen LogP contribution in [-0.4, -0.2) is 25.2 Å². The molecule has 0 heterocycles. The summed E-state index contributed by atoms with van der Waals surface area (Å²) in [6, 6.07) is 0.540. The summed E-state index contributed by atoms with van der Waals surface area (Å²) >= 11 is 0. The van der Waals surface area contributed by atoms with Gasteiger partial charge in [-0.1, -0.05) is 26.0 Å². The Morgan fingerprint density at radius 3 is 2.71 bits per heavy atom. The molecule has 0 aromatic carbocycles. The molecule has 24 heavy (non-hydrogen) atoms. The van der Waals surface area contributed by atoms with Gasteiger partial charge in [0.2, 0.25) is 0 Å². The molecule has 4 aliphatic rings. The Labute approximate surface area is 146 Å². The van der Waals surface area contributed by atoms with E-state index in [1.807, 2.05) is 6.08 Å². The SMILES string of the molecule is CNC1=CC[C@H]2[C@@H]3[C@@H](NC)CC4C=C(O)C=C[C@]4(C)[C@H]3CC[C@]12C. The van der Waals surface area contributed by atoms with Crippen LogP contribution in [-0.2, 0) is 0 Å². The third-order valence-electron chi connectivity index (χ3n) is 8.11. The minimum atomic E-state index is 0.188. The molecule has 1 unspecified atom stereocenters. The van der Waals surface area contributed by atoms with Crippen molar-refractivity contribution in [2.75, 3.05) is 14.1 Å². The van der Waals surface area contributed by atoms with Crippen LogP contribution >= 0.6 is 0 Å². The molecule has 0 radical (unpaired) electrons. The lowest BCUT2D eigenvalue weighted by atomic mass is 9.45. The largest absolute Gasteiger partial charge is 0.508 e. The van der Waals surface area contributed by atoms with Crippen LogP contribution < -0.4 is 10.6 Å². The lowest BCUT2D eigenvalue weighted by Gasteiger charge is -2.60. The summed E-state index contributed by atoms with van der Waals surface area (Å²) < 4.78 is 0. The zero-order valence-electron chi connectivity index (χ0n) is 15.5. The maximum absolute atomic E-state index is 10.0. The molecule has 0 aromatic heterocycles. The van der Waals surface area contributed by atoms with Gasteiger partial charge in [0.05, 0.1) is 0 Å². The Balaban J connectivity index is 1.73. The highest BCUT2D eigenvalue weighted by molar-refractivity contribution is 5.30. The van der Waals surface area contributed by atoms with Gasteiger partial charge >= 0.3 is 0 Å². The summed E-state index contributed by atoms with van der Waals surface area (Å²) in [7, 11) is 4.21. The Morgan fingerprint density at radius 2 is 2.00 bits per heavy atom. The van der Waals surface area contributed by atoms with E-state index in [4.69, 9.17) is 0 Å². The van der Waals surface area contributed by atoms with Crippen LogP contribution in [0.1, 0.15) is 39.5 Å². The van der Waals surface area contributed by atoms with Crippen LogP contribution in [0, 0.1) is 34.5 Å². The van der Waals surface area contributed by atoms with Crippen LogP contribution in [0.4, 0.5) is 0 Å². The summed E-state index contributed by atoms with van der Waals surface area (Å²) in [6.07, 6.45) is 13.7. The highest BCUT2D eigenvalue weighted by Gasteiger charge is 2.59. The van der Waals surface area contributed by atoms with E-state index >= 15 is 0 Å². The number of fused-ring (bicyclic) bond motifs is 5. The van der Waals surface area contributed by atoms with Gasteiger partial charge in [-0.2, -0.15) is 0 Å². The van der Waals surface area contributed by atoms with E-state index in [1.165, 1.54) is 25.0 Å². The van der Waals surface area contributed by atoms with Gasteiger partial charge in [-0.05, 0) is 74.0 Å². The topological polar surface area (TPSA) is 44.3 Å². The predicted molar refractivity (Wildman–Crippen MR) is 98.5 cm³/mol. The van der Waals surface area contributed by atoms with Crippen LogP contribution in [0.3, 0.4) is 0 Å². The standard InChI is InChI=1S/C21H32N2O/c1-20-9-7-14(24)11-13(20)12-17(22-3)19-15-5-6-18(23-4)21(15,2)10-8-16(19)20/h6-7,9,11,13,15-17,19,22-24H,5,8,10,12H2,1-4H3/t13?,15-,16-,17-,19-,20-,21-/m0/s1. The molecular formula is C21H32N2O. The second-order valence-electron chi connectivity index (χ2n) is 8.88. The van der Waals surface area contributed by atoms with E-state index in [0.717, 1.165) is 12.3 Å². The Hall–Kier alpha value is -1.22. The molecule has 2 saturated carbocycles. The number of aliphatic hydroxyl groups is 1. The van der Waals surface area contributed by atoms with E-state index in [0.29, 0.717) is 35.0 Å². The molecule has 3 nitrogen and oxygen atoms in total. The maximum Gasteiger partial charge on any atom is 0.111 e. The fourth-order valence-electron chi connectivity index (χ4n) is 6.73. The molecule has 2 fully saturated rings. The Kier molecular flexibility index (Phi) is 3.65. The van der Waals surface area contributed by atoms with E-state index in [2.05, 4.69) is 56.8 Å². The minimum Gasteiger partial charge on any atom is -0.508 e. The van der Waals surface area contributed by atoms with Crippen LogP contribution in [0.2, 0.25) is 0 Å². The average molecular weight is 329 g/mol. The first-order valence-corrected chi connectivity index (χ1v) is 9.59. The first kappa shape index (κ1) is 16.3. The quantitative estimate of drug-likeness (QED) is 0.723. The zero-order valence-corrected chi connectivity index (χ0v) is 15.5. The van der Waals surface area contributed by atoms with E-state index in [-0.39, 0.29) is 5.41 Å². The molecule has 4 rings (SSSR count). The van der Waals surface area contributed by atoms with Crippen molar-refractivity contribution in [1.29, 1.82) is 0 Å². The minimum absolute atomic E-state index is 0.188. The molecule has 0 saturated heterocycles. The van der Waals surface area contributed by atoms with Crippen molar-refractivity contribution >= 4 is 0 Å². The van der Waals surface area contributed by atoms with Gasteiger partial charge < -0.3 is 15.7 Å². The third kappa shape index (κ3) is 2.00. The van der Waals surface area contributed by atoms with E-state index in [1.54, 1.807) is 0 Å². The fraction of sp³-hybridized carbons (Fsp3) is 0.714. The number of allylic oxidation sites excluding steroid dienone is 5. The van der Waals surface area contributed by atoms with Crippen LogP contribution in [0.15, 0.2) is 35.8 Å². The molecule has 0 amide bonds. The lowest BCUT2D eigenvalue weighted by Crippen LogP contribution is -2.59. The second-order valence-corrected chi connectivity index (χ2v) is 8.88. The predicted octanol–water partition coefficient (Wildman–Crippen LogP) is 3.77. The first-order chi connectivity index (χ1) is 11.4. The highest BCUT2D eigenvalue weighted by atomic mass is 16.3. The highest BCUT2D eigenvalue weighted by Crippen LogP contribution is 2.64. The summed E-state index contributed by atoms with van der Waals surface area (Å²) in [5, 5.41) is 17.2. The molecule has 0 aromatic rings. The smallest absolute Gasteiger partial charge is 0.111 e. The van der Waals surface area contributed by atoms with Crippen LogP contribution in [0.25, 0.3) is 0 Å². The number of aliphatic hydroxyl groups excluding tert-OH is 1. The van der Waals surface area contributed by atoms with Crippen molar-refractivity contribution in [1.82, 2.24) is 10.6 Å². The van der Waals surface area contributed by atoms with E-state index in [9.17, 15) is 5.11 Å². The number of rotatable bonds is 2. The summed E-state index contributed by atoms with van der Waals surface area (Å²) in [4.78, 5) is 0. The summed E-state index contributed by atoms with van der Waals surface area (Å²) in [6.45, 7) is 4.91. The van der Waals surface area contributed by atoms with Crippen molar-refractivity contribution < 1.29 is 5.11 Å². The van der Waals surface area contributed by atoms with Gasteiger partial charge in [-0.15, -0.1) is 0 Å². The van der Waals surface area contributed by atoms with Crippen molar-refractivity contribution in [3.05, 3.63) is 35.8 Å². The number of nitrogens with one attached hydrogen (secondary N) is 2. The van der Waals surface area contributed by atoms with Gasteiger partial charge in [0.1, 0.15) is 5.76 Å². The monoisotopic (exact) mass is 328 g/mol. The van der Waals surface area contributed by atoms with Gasteiger partial charge in [0.25, 0.3) is 0 Å². The van der Waals surface area contributed by atoms with Crippen molar-refractivity contribution in [2.24, 2.45) is 34.5 Å². The van der Waals surface area contributed by atoms with Crippen molar-refractivity contribution in [3.8, 4) is 0 Å². The molecule has 0 spiro atoms. The maximum atomic E-state index is 10.0. The molecule has 0 bridgehead atoms. The zero-order chi connectivity index (χ0) is 17.1. The number of hydrogen-bond acceptors (Lipinski definition) is 3. The van der Waals surface area contributed by atoms with Crippen LogP contribution in [0.5, 0.6) is 0 Å². The van der Waals surface area contributed by atoms with Gasteiger partial charge in [-0.3, -0.25) is 0 Å². The number of hydrogen-bond donors (Lipinski definition) is 3. The summed E-state index contributed by atoms with van der Waals surface area (Å²) in [5.41, 5.74) is 1.96. The molecule has 0 aliphatic heterocycles. The third-order valence-corrected chi connectivity index (χ3v) is 8.11.